The molecule has 1 aliphatic heterocycles. The molecule has 0 radical (unpaired) electrons. The van der Waals surface area contributed by atoms with Crippen LogP contribution in [0.1, 0.15) is 56.1 Å². The summed E-state index contributed by atoms with van der Waals surface area (Å²) in [5, 5.41) is 15.2. The first-order valence-electron chi connectivity index (χ1n) is 12.1. The van der Waals surface area contributed by atoms with E-state index in [-0.39, 0.29) is 35.9 Å². The minimum Gasteiger partial charge on any atom is -0.378 e. The Morgan fingerprint density at radius 1 is 1.15 bits per heavy atom. The van der Waals surface area contributed by atoms with Crippen LogP contribution in [0.2, 0.25) is 0 Å². The Morgan fingerprint density at radius 2 is 1.88 bits per heavy atom. The first-order chi connectivity index (χ1) is 16.5. The van der Waals surface area contributed by atoms with Crippen molar-refractivity contribution in [1.82, 2.24) is 14.9 Å². The lowest BCUT2D eigenvalue weighted by molar-refractivity contribution is -0.383. The smallest absolute Gasteiger partial charge is 0.353 e. The number of nitrogen functional groups attached to an aromatic ring is 1. The van der Waals surface area contributed by atoms with Gasteiger partial charge in [-0.25, -0.2) is 0 Å². The van der Waals surface area contributed by atoms with Crippen molar-refractivity contribution in [3.8, 4) is 0 Å². The topological polar surface area (TPSA) is 131 Å². The second-order valence-electron chi connectivity index (χ2n) is 9.19. The molecule has 0 amide bonds. The van der Waals surface area contributed by atoms with Gasteiger partial charge < -0.3 is 20.7 Å². The fourth-order valence-corrected chi connectivity index (χ4v) is 4.91. The minimum absolute atomic E-state index is 0.0451. The van der Waals surface area contributed by atoms with Crippen LogP contribution in [0.15, 0.2) is 24.3 Å². The number of nitro groups is 1. The van der Waals surface area contributed by atoms with Crippen LogP contribution in [-0.2, 0) is 17.9 Å². The summed E-state index contributed by atoms with van der Waals surface area (Å²) < 4.78 is 0. The molecule has 34 heavy (non-hydrogen) atoms. The minimum atomic E-state index is -0.573. The molecule has 1 aromatic heterocycles. The second-order valence-corrected chi connectivity index (χ2v) is 9.19. The average Bonchev–Trinajstić information content (AvgIpc) is 3.32. The van der Waals surface area contributed by atoms with Gasteiger partial charge in [0.2, 0.25) is 17.6 Å². The Bertz CT molecular complexity index is 1000. The number of nitrogens with one attached hydrogen (secondary N) is 1. The molecule has 2 aliphatic rings. The van der Waals surface area contributed by atoms with Gasteiger partial charge >= 0.3 is 5.69 Å². The zero-order chi connectivity index (χ0) is 23.9. The summed E-state index contributed by atoms with van der Waals surface area (Å²) in [7, 11) is 0. The van der Waals surface area contributed by atoms with Gasteiger partial charge in [-0.3, -0.25) is 15.0 Å². The third-order valence-electron chi connectivity index (χ3n) is 6.58. The predicted octanol–water partition coefficient (Wildman–Crippen LogP) is 3.51. The molecule has 182 valence electrons. The van der Waals surface area contributed by atoms with Crippen molar-refractivity contribution in [2.24, 2.45) is 0 Å². The number of benzene rings is 1. The highest BCUT2D eigenvalue weighted by Crippen LogP contribution is 2.33. The summed E-state index contributed by atoms with van der Waals surface area (Å²) in [5.41, 5.74) is 7.78. The van der Waals surface area contributed by atoms with Gasteiger partial charge in [0, 0.05) is 19.1 Å². The molecule has 3 N–H and O–H groups in total. The molecular formula is C24H33N7O3. The molecule has 0 unspecified atom stereocenters. The van der Waals surface area contributed by atoms with Crippen LogP contribution < -0.4 is 16.0 Å². The number of aldehydes is 1. The number of nitrogens with zero attached hydrogens (tertiary/aromatic N) is 5. The maximum absolute atomic E-state index is 11.9. The van der Waals surface area contributed by atoms with Gasteiger partial charge in [0.15, 0.2) is 0 Å². The highest BCUT2D eigenvalue weighted by Gasteiger charge is 2.28. The van der Waals surface area contributed by atoms with Gasteiger partial charge in [-0.2, -0.15) is 9.97 Å². The second kappa shape index (κ2) is 11.2. The zero-order valence-electron chi connectivity index (χ0n) is 19.5. The molecule has 1 aliphatic carbocycles. The van der Waals surface area contributed by atoms with Crippen molar-refractivity contribution in [3.63, 3.8) is 0 Å². The van der Waals surface area contributed by atoms with E-state index in [0.717, 1.165) is 57.2 Å². The van der Waals surface area contributed by atoms with Gasteiger partial charge in [-0.15, -0.1) is 0 Å². The predicted molar refractivity (Wildman–Crippen MR) is 132 cm³/mol. The number of rotatable bonds is 10. The Hall–Kier alpha value is -3.27. The van der Waals surface area contributed by atoms with Crippen LogP contribution in [0, 0.1) is 10.1 Å². The van der Waals surface area contributed by atoms with Gasteiger partial charge in [-0.05, 0) is 49.9 Å². The molecule has 0 atom stereocenters. The molecule has 0 bridgehead atoms. The molecule has 10 nitrogen and oxygen atoms in total. The molecule has 2 aromatic rings. The number of anilines is 3. The molecule has 10 heteroatoms. The number of likely N-dealkylation sites (tertiary alicyclic amines) is 1. The summed E-state index contributed by atoms with van der Waals surface area (Å²) in [5.74, 6) is 0.128. The SMILES string of the molecule is Nc1nc(NC2CCCCC2)nc(N(CC=O)Cc2cccc(CN3CCCC3)c2)c1[N+](=O)[O-]. The van der Waals surface area contributed by atoms with Crippen LogP contribution in [0.25, 0.3) is 0 Å². The van der Waals surface area contributed by atoms with Crippen molar-refractivity contribution in [3.05, 3.63) is 45.5 Å². The van der Waals surface area contributed by atoms with Crippen molar-refractivity contribution in [2.75, 3.05) is 35.6 Å². The van der Waals surface area contributed by atoms with Crippen molar-refractivity contribution in [2.45, 2.75) is 64.1 Å². The summed E-state index contributed by atoms with van der Waals surface area (Å²) in [6.07, 6.45) is 8.62. The fraction of sp³-hybridized carbons (Fsp3) is 0.542. The molecule has 2 fully saturated rings. The van der Waals surface area contributed by atoms with E-state index in [0.29, 0.717) is 6.54 Å². The summed E-state index contributed by atoms with van der Waals surface area (Å²) in [6.45, 7) is 3.33. The van der Waals surface area contributed by atoms with Crippen LogP contribution in [0.5, 0.6) is 0 Å². The molecule has 4 rings (SSSR count). The molecule has 1 saturated carbocycles. The van der Waals surface area contributed by atoms with E-state index in [1.807, 2.05) is 12.1 Å². The first kappa shape index (κ1) is 23.9. The Kier molecular flexibility index (Phi) is 7.89. The van der Waals surface area contributed by atoms with Crippen molar-refractivity contribution in [1.29, 1.82) is 0 Å². The summed E-state index contributed by atoms with van der Waals surface area (Å²) in [6, 6.07) is 8.34. The Labute approximate surface area is 199 Å². The molecule has 0 spiro atoms. The molecule has 2 heterocycles. The average molecular weight is 468 g/mol. The van der Waals surface area contributed by atoms with Gasteiger partial charge in [-0.1, -0.05) is 43.5 Å². The van der Waals surface area contributed by atoms with Crippen LogP contribution >= 0.6 is 0 Å². The number of nitrogens with two attached hydrogens (primary N) is 1. The van der Waals surface area contributed by atoms with E-state index in [1.165, 1.54) is 24.8 Å². The normalized spacial score (nSPS) is 16.9. The van der Waals surface area contributed by atoms with Crippen molar-refractivity contribution < 1.29 is 9.72 Å². The molecule has 1 aromatic carbocycles. The number of carbonyl (C=O) groups excluding carboxylic acids is 1. The van der Waals surface area contributed by atoms with Crippen LogP contribution in [0.3, 0.4) is 0 Å². The van der Waals surface area contributed by atoms with Gasteiger partial charge in [0.1, 0.15) is 6.29 Å². The van der Waals surface area contributed by atoms with E-state index in [1.54, 1.807) is 4.90 Å². The Balaban J connectivity index is 1.60. The maximum atomic E-state index is 11.9. The quantitative estimate of drug-likeness (QED) is 0.306. The standard InChI is InChI=1S/C24H33N7O3/c25-22-21(31(33)34)23(28-24(27-22)26-20-9-2-1-3-10-20)30(13-14-32)17-19-8-6-7-18(15-19)16-29-11-4-5-12-29/h6-8,14-15,20H,1-5,9-13,16-17H2,(H3,25,26,27,28). The number of carbonyl (C=O) groups is 1. The molecule has 1 saturated heterocycles. The number of hydrogen-bond acceptors (Lipinski definition) is 9. The molecular weight excluding hydrogens is 434 g/mol. The van der Waals surface area contributed by atoms with E-state index in [2.05, 4.69) is 32.3 Å². The highest BCUT2D eigenvalue weighted by atomic mass is 16.6. The number of hydrogen-bond donors (Lipinski definition) is 2. The third kappa shape index (κ3) is 5.99. The van der Waals surface area contributed by atoms with E-state index in [4.69, 9.17) is 5.73 Å². The highest BCUT2D eigenvalue weighted by molar-refractivity contribution is 5.73. The van der Waals surface area contributed by atoms with E-state index in [9.17, 15) is 14.9 Å². The lowest BCUT2D eigenvalue weighted by atomic mass is 9.96. The van der Waals surface area contributed by atoms with Crippen molar-refractivity contribution >= 4 is 29.6 Å². The lowest BCUT2D eigenvalue weighted by Gasteiger charge is -2.25. The summed E-state index contributed by atoms with van der Waals surface area (Å²) in [4.78, 5) is 35.5. The van der Waals surface area contributed by atoms with Crippen LogP contribution in [0.4, 0.5) is 23.3 Å². The summed E-state index contributed by atoms with van der Waals surface area (Å²) >= 11 is 0. The maximum Gasteiger partial charge on any atom is 0.353 e. The monoisotopic (exact) mass is 467 g/mol. The third-order valence-corrected chi connectivity index (χ3v) is 6.58. The van der Waals surface area contributed by atoms with E-state index < -0.39 is 4.92 Å². The zero-order valence-corrected chi connectivity index (χ0v) is 19.5. The first-order valence-corrected chi connectivity index (χ1v) is 12.1. The Morgan fingerprint density at radius 3 is 2.59 bits per heavy atom. The largest absolute Gasteiger partial charge is 0.378 e. The number of aromatic nitrogens is 2. The van der Waals surface area contributed by atoms with E-state index >= 15 is 0 Å². The van der Waals surface area contributed by atoms with Gasteiger partial charge in [0.25, 0.3) is 0 Å². The fourth-order valence-electron chi connectivity index (χ4n) is 4.91. The van der Waals surface area contributed by atoms with Crippen LogP contribution in [-0.4, -0.2) is 51.8 Å². The lowest BCUT2D eigenvalue weighted by Crippen LogP contribution is -2.29. The van der Waals surface area contributed by atoms with Gasteiger partial charge in [0.05, 0.1) is 11.5 Å².